The van der Waals surface area contributed by atoms with Gasteiger partial charge >= 0.3 is 0 Å². The number of amides is 1. The summed E-state index contributed by atoms with van der Waals surface area (Å²) >= 11 is 0. The number of benzene rings is 1. The second-order valence-corrected chi connectivity index (χ2v) is 6.40. The Bertz CT molecular complexity index is 570. The van der Waals surface area contributed by atoms with Crippen LogP contribution in [0.1, 0.15) is 31.7 Å². The molecule has 0 aliphatic carbocycles. The molecule has 0 aromatic heterocycles. The zero-order valence-corrected chi connectivity index (χ0v) is 14.1. The highest BCUT2D eigenvalue weighted by Crippen LogP contribution is 2.30. The van der Waals surface area contributed by atoms with Gasteiger partial charge in [-0.1, -0.05) is 37.3 Å². The molecular formula is C19H26N2O2. The van der Waals surface area contributed by atoms with E-state index in [1.54, 1.807) is 7.11 Å². The molecule has 0 radical (unpaired) electrons. The molecule has 4 nitrogen and oxygen atoms in total. The monoisotopic (exact) mass is 314 g/mol. The van der Waals surface area contributed by atoms with E-state index in [2.05, 4.69) is 28.0 Å². The Labute approximate surface area is 138 Å². The van der Waals surface area contributed by atoms with Crippen LogP contribution in [-0.2, 0) is 4.79 Å². The van der Waals surface area contributed by atoms with Crippen LogP contribution < -0.4 is 4.74 Å². The third kappa shape index (κ3) is 3.42. The molecular weight excluding hydrogens is 288 g/mol. The van der Waals surface area contributed by atoms with Crippen LogP contribution in [0.15, 0.2) is 30.3 Å². The number of rotatable bonds is 5. The molecule has 2 heterocycles. The third-order valence-electron chi connectivity index (χ3n) is 4.95. The van der Waals surface area contributed by atoms with Crippen molar-refractivity contribution in [1.29, 1.82) is 0 Å². The molecule has 2 aliphatic heterocycles. The van der Waals surface area contributed by atoms with Crippen LogP contribution in [0.5, 0.6) is 5.75 Å². The number of carbonyl (C=O) groups excluding carboxylic acids is 1. The molecule has 2 unspecified atom stereocenters. The van der Waals surface area contributed by atoms with Crippen LogP contribution in [0.2, 0.25) is 0 Å². The van der Waals surface area contributed by atoms with E-state index >= 15 is 0 Å². The minimum Gasteiger partial charge on any atom is -0.496 e. The summed E-state index contributed by atoms with van der Waals surface area (Å²) in [7, 11) is 1.70. The van der Waals surface area contributed by atoms with E-state index in [4.69, 9.17) is 4.74 Å². The first kappa shape index (κ1) is 16.1. The Morgan fingerprint density at radius 1 is 1.26 bits per heavy atom. The van der Waals surface area contributed by atoms with E-state index in [1.807, 2.05) is 25.1 Å². The summed E-state index contributed by atoms with van der Waals surface area (Å²) < 4.78 is 5.38. The highest BCUT2D eigenvalue weighted by atomic mass is 16.5. The number of methoxy groups -OCH3 is 1. The lowest BCUT2D eigenvalue weighted by atomic mass is 10.1. The number of likely N-dealkylation sites (tertiary alicyclic amines) is 1. The van der Waals surface area contributed by atoms with Gasteiger partial charge in [-0.15, -0.1) is 0 Å². The number of carbonyl (C=O) groups is 1. The van der Waals surface area contributed by atoms with Gasteiger partial charge in [0.15, 0.2) is 0 Å². The zero-order valence-electron chi connectivity index (χ0n) is 14.1. The van der Waals surface area contributed by atoms with Crippen LogP contribution in [0, 0.1) is 0 Å². The molecule has 2 fully saturated rings. The van der Waals surface area contributed by atoms with Gasteiger partial charge in [0.05, 0.1) is 7.11 Å². The maximum absolute atomic E-state index is 12.1. The molecule has 1 aromatic carbocycles. The Morgan fingerprint density at radius 3 is 2.61 bits per heavy atom. The second-order valence-electron chi connectivity index (χ2n) is 6.40. The quantitative estimate of drug-likeness (QED) is 0.838. The Morgan fingerprint density at radius 2 is 1.96 bits per heavy atom. The van der Waals surface area contributed by atoms with E-state index in [9.17, 15) is 4.79 Å². The topological polar surface area (TPSA) is 32.8 Å². The van der Waals surface area contributed by atoms with Crippen molar-refractivity contribution in [2.24, 2.45) is 0 Å². The normalized spacial score (nSPS) is 24.3. The summed E-state index contributed by atoms with van der Waals surface area (Å²) in [6, 6.07) is 8.89. The molecule has 124 valence electrons. The number of piperazine rings is 1. The van der Waals surface area contributed by atoms with Gasteiger partial charge in [0.25, 0.3) is 0 Å². The van der Waals surface area contributed by atoms with Crippen molar-refractivity contribution in [3.63, 3.8) is 0 Å². The van der Waals surface area contributed by atoms with Crippen molar-refractivity contribution in [3.05, 3.63) is 35.9 Å². The fourth-order valence-electron chi connectivity index (χ4n) is 3.86. The number of ether oxygens (including phenoxy) is 1. The average Bonchev–Trinajstić information content (AvgIpc) is 2.85. The zero-order chi connectivity index (χ0) is 16.2. The predicted molar refractivity (Wildman–Crippen MR) is 92.4 cm³/mol. The molecule has 0 N–H and O–H groups in total. The number of nitrogens with zero attached hydrogens (tertiary/aromatic N) is 2. The summed E-state index contributed by atoms with van der Waals surface area (Å²) in [6.07, 6.45) is 7.27. The molecule has 1 aromatic rings. The maximum atomic E-state index is 12.1. The third-order valence-corrected chi connectivity index (χ3v) is 4.95. The molecule has 2 aliphatic rings. The van der Waals surface area contributed by atoms with Gasteiger partial charge in [0, 0.05) is 43.7 Å². The van der Waals surface area contributed by atoms with Crippen LogP contribution in [0.3, 0.4) is 0 Å². The highest BCUT2D eigenvalue weighted by Gasteiger charge is 2.41. The summed E-state index contributed by atoms with van der Waals surface area (Å²) in [5.41, 5.74) is 1.11. The van der Waals surface area contributed by atoms with Crippen LogP contribution in [0.4, 0.5) is 0 Å². The van der Waals surface area contributed by atoms with Gasteiger partial charge < -0.3 is 9.64 Å². The lowest BCUT2D eigenvalue weighted by Crippen LogP contribution is -2.55. The number of hydrogen-bond acceptors (Lipinski definition) is 3. The number of fused-ring (bicyclic) bond motifs is 2. The van der Waals surface area contributed by atoms with Gasteiger partial charge in [-0.25, -0.2) is 0 Å². The highest BCUT2D eigenvalue weighted by molar-refractivity contribution is 5.77. The van der Waals surface area contributed by atoms with E-state index in [0.717, 1.165) is 43.8 Å². The first-order chi connectivity index (χ1) is 11.2. The van der Waals surface area contributed by atoms with Crippen molar-refractivity contribution in [2.75, 3.05) is 26.7 Å². The first-order valence-electron chi connectivity index (χ1n) is 8.56. The molecule has 0 spiro atoms. The van der Waals surface area contributed by atoms with E-state index in [0.29, 0.717) is 24.4 Å². The fourth-order valence-corrected chi connectivity index (χ4v) is 3.86. The second kappa shape index (κ2) is 7.18. The lowest BCUT2D eigenvalue weighted by Gasteiger charge is -2.40. The molecule has 3 rings (SSSR count). The minimum absolute atomic E-state index is 0.321. The van der Waals surface area contributed by atoms with E-state index in [-0.39, 0.29) is 0 Å². The van der Waals surface area contributed by atoms with Gasteiger partial charge in [-0.2, -0.15) is 0 Å². The largest absolute Gasteiger partial charge is 0.496 e. The van der Waals surface area contributed by atoms with Crippen molar-refractivity contribution >= 4 is 12.0 Å². The van der Waals surface area contributed by atoms with Gasteiger partial charge in [0.2, 0.25) is 5.91 Å². The number of hydrogen-bond donors (Lipinski definition) is 0. The molecule has 0 saturated carbocycles. The van der Waals surface area contributed by atoms with Crippen molar-refractivity contribution in [1.82, 2.24) is 9.80 Å². The first-order valence-corrected chi connectivity index (χ1v) is 8.56. The maximum Gasteiger partial charge on any atom is 0.222 e. The van der Waals surface area contributed by atoms with Gasteiger partial charge in [-0.3, -0.25) is 9.69 Å². The number of para-hydroxylation sites is 1. The Balaban J connectivity index is 1.59. The summed E-state index contributed by atoms with van der Waals surface area (Å²) in [5, 5.41) is 0. The smallest absolute Gasteiger partial charge is 0.222 e. The van der Waals surface area contributed by atoms with Crippen molar-refractivity contribution in [2.45, 2.75) is 38.3 Å². The van der Waals surface area contributed by atoms with Crippen LogP contribution in [-0.4, -0.2) is 54.5 Å². The standard InChI is InChI=1S/C19H26N2O2/c1-3-19(22)21-16-10-11-17(21)14-20(13-16)12-6-8-15-7-4-5-9-18(15)23-2/h4-9,16-17H,3,10-14H2,1-2H3. The van der Waals surface area contributed by atoms with Crippen molar-refractivity contribution in [3.8, 4) is 5.75 Å². The molecule has 2 saturated heterocycles. The van der Waals surface area contributed by atoms with Crippen LogP contribution in [0.25, 0.3) is 6.08 Å². The Kier molecular flexibility index (Phi) is 5.01. The molecule has 1 amide bonds. The molecule has 2 atom stereocenters. The minimum atomic E-state index is 0.321. The average molecular weight is 314 g/mol. The van der Waals surface area contributed by atoms with E-state index in [1.165, 1.54) is 0 Å². The lowest BCUT2D eigenvalue weighted by molar-refractivity contribution is -0.136. The molecule has 23 heavy (non-hydrogen) atoms. The summed E-state index contributed by atoms with van der Waals surface area (Å²) in [6.45, 7) is 4.89. The van der Waals surface area contributed by atoms with Crippen LogP contribution >= 0.6 is 0 Å². The predicted octanol–water partition coefficient (Wildman–Crippen LogP) is 2.79. The SMILES string of the molecule is CCC(=O)N1C2CCC1CN(CC=Cc1ccccc1OC)C2. The summed E-state index contributed by atoms with van der Waals surface area (Å²) in [5.74, 6) is 1.23. The van der Waals surface area contributed by atoms with Gasteiger partial charge in [0.1, 0.15) is 5.75 Å². The van der Waals surface area contributed by atoms with Crippen molar-refractivity contribution < 1.29 is 9.53 Å². The van der Waals surface area contributed by atoms with E-state index < -0.39 is 0 Å². The van der Waals surface area contributed by atoms with Gasteiger partial charge in [-0.05, 0) is 18.9 Å². The summed E-state index contributed by atoms with van der Waals surface area (Å²) in [4.78, 5) is 16.7. The Hall–Kier alpha value is -1.81. The fraction of sp³-hybridized carbons (Fsp3) is 0.526. The molecule has 4 heteroatoms. The molecule has 2 bridgehead atoms.